The number of benzene rings is 2. The molecule has 0 aliphatic carbocycles. The van der Waals surface area contributed by atoms with E-state index in [2.05, 4.69) is 20.4 Å². The third-order valence-corrected chi connectivity index (χ3v) is 4.43. The molecule has 4 rings (SSSR count). The maximum atomic E-state index is 5.74. The summed E-state index contributed by atoms with van der Waals surface area (Å²) >= 11 is 0. The van der Waals surface area contributed by atoms with Crippen molar-refractivity contribution in [3.8, 4) is 22.6 Å². The summed E-state index contributed by atoms with van der Waals surface area (Å²) < 4.78 is 12.7. The standard InChI is InChI=1S/C21H21N5O2/c1-3-28-19-7-5-4-6-16(19)12-22-20-18(13-23-21-24-14-25-26(20)21)15-8-10-17(27-2)11-9-15/h4-11,13-14,22H,3,12H2,1-2H3. The number of hydrogen-bond acceptors (Lipinski definition) is 6. The average molecular weight is 375 g/mol. The fourth-order valence-corrected chi connectivity index (χ4v) is 3.06. The van der Waals surface area contributed by atoms with E-state index in [4.69, 9.17) is 9.47 Å². The second kappa shape index (κ2) is 7.96. The Morgan fingerprint density at radius 1 is 1.04 bits per heavy atom. The van der Waals surface area contributed by atoms with Crippen molar-refractivity contribution in [3.63, 3.8) is 0 Å². The predicted octanol–water partition coefficient (Wildman–Crippen LogP) is 3.81. The molecule has 0 unspecified atom stereocenters. The molecule has 0 atom stereocenters. The van der Waals surface area contributed by atoms with Crippen LogP contribution in [0.1, 0.15) is 12.5 Å². The van der Waals surface area contributed by atoms with Crippen LogP contribution in [0.5, 0.6) is 11.5 Å². The van der Waals surface area contributed by atoms with Gasteiger partial charge in [-0.05, 0) is 30.7 Å². The molecule has 0 radical (unpaired) electrons. The molecule has 0 aliphatic rings. The highest BCUT2D eigenvalue weighted by Gasteiger charge is 2.13. The first-order valence-corrected chi connectivity index (χ1v) is 9.08. The maximum absolute atomic E-state index is 5.74. The molecular weight excluding hydrogens is 354 g/mol. The first-order valence-electron chi connectivity index (χ1n) is 9.08. The summed E-state index contributed by atoms with van der Waals surface area (Å²) in [4.78, 5) is 8.62. The number of methoxy groups -OCH3 is 1. The van der Waals surface area contributed by atoms with Crippen LogP contribution < -0.4 is 14.8 Å². The van der Waals surface area contributed by atoms with E-state index in [1.807, 2.05) is 61.7 Å². The number of rotatable bonds is 7. The van der Waals surface area contributed by atoms with Gasteiger partial charge in [-0.3, -0.25) is 0 Å². The van der Waals surface area contributed by atoms with Gasteiger partial charge in [-0.15, -0.1) is 0 Å². The monoisotopic (exact) mass is 375 g/mol. The third kappa shape index (κ3) is 3.46. The summed E-state index contributed by atoms with van der Waals surface area (Å²) in [5.41, 5.74) is 3.00. The number of nitrogens with zero attached hydrogens (tertiary/aromatic N) is 4. The van der Waals surface area contributed by atoms with Gasteiger partial charge in [-0.25, -0.2) is 4.98 Å². The van der Waals surface area contributed by atoms with Crippen molar-refractivity contribution in [2.24, 2.45) is 0 Å². The minimum atomic E-state index is 0.540. The van der Waals surface area contributed by atoms with Gasteiger partial charge in [0, 0.05) is 23.9 Å². The maximum Gasteiger partial charge on any atom is 0.254 e. The zero-order valence-electron chi connectivity index (χ0n) is 15.8. The Morgan fingerprint density at radius 3 is 2.64 bits per heavy atom. The van der Waals surface area contributed by atoms with Gasteiger partial charge >= 0.3 is 0 Å². The Hall–Kier alpha value is -3.61. The molecule has 2 aromatic carbocycles. The van der Waals surface area contributed by atoms with E-state index >= 15 is 0 Å². The minimum absolute atomic E-state index is 0.540. The molecule has 7 heteroatoms. The minimum Gasteiger partial charge on any atom is -0.497 e. The van der Waals surface area contributed by atoms with E-state index in [1.165, 1.54) is 6.33 Å². The van der Waals surface area contributed by atoms with Crippen LogP contribution in [0, 0.1) is 0 Å². The second-order valence-electron chi connectivity index (χ2n) is 6.12. The zero-order valence-corrected chi connectivity index (χ0v) is 15.8. The molecule has 4 aromatic rings. The molecule has 0 bridgehead atoms. The Labute approximate surface area is 163 Å². The van der Waals surface area contributed by atoms with Crippen molar-refractivity contribution in [2.45, 2.75) is 13.5 Å². The number of nitrogens with one attached hydrogen (secondary N) is 1. The highest BCUT2D eigenvalue weighted by Crippen LogP contribution is 2.30. The fraction of sp³-hybridized carbons (Fsp3) is 0.190. The van der Waals surface area contributed by atoms with Crippen LogP contribution >= 0.6 is 0 Å². The van der Waals surface area contributed by atoms with Crippen LogP contribution in [0.3, 0.4) is 0 Å². The van der Waals surface area contributed by atoms with Gasteiger partial charge in [0.05, 0.1) is 13.7 Å². The number of para-hydroxylation sites is 1. The van der Waals surface area contributed by atoms with Crippen molar-refractivity contribution in [1.82, 2.24) is 19.6 Å². The van der Waals surface area contributed by atoms with Gasteiger partial charge in [0.25, 0.3) is 5.78 Å². The zero-order chi connectivity index (χ0) is 19.3. The van der Waals surface area contributed by atoms with Gasteiger partial charge in [0.2, 0.25) is 0 Å². The van der Waals surface area contributed by atoms with Crippen LogP contribution in [0.2, 0.25) is 0 Å². The lowest BCUT2D eigenvalue weighted by Gasteiger charge is -2.15. The molecular formula is C21H21N5O2. The van der Waals surface area contributed by atoms with Crippen molar-refractivity contribution >= 4 is 11.6 Å². The first-order chi connectivity index (χ1) is 13.8. The van der Waals surface area contributed by atoms with E-state index < -0.39 is 0 Å². The summed E-state index contributed by atoms with van der Waals surface area (Å²) in [6, 6.07) is 15.8. The lowest BCUT2D eigenvalue weighted by Crippen LogP contribution is -2.09. The molecule has 0 spiro atoms. The van der Waals surface area contributed by atoms with Gasteiger partial charge in [0.1, 0.15) is 23.6 Å². The van der Waals surface area contributed by atoms with E-state index in [-0.39, 0.29) is 0 Å². The second-order valence-corrected chi connectivity index (χ2v) is 6.12. The largest absolute Gasteiger partial charge is 0.497 e. The van der Waals surface area contributed by atoms with Crippen molar-refractivity contribution in [3.05, 3.63) is 66.6 Å². The average Bonchev–Trinajstić information content (AvgIpc) is 3.22. The number of aromatic nitrogens is 4. The number of ether oxygens (including phenoxy) is 2. The SMILES string of the molecule is CCOc1ccccc1CNc1c(-c2ccc(OC)cc2)cnc2ncnn12. The molecule has 28 heavy (non-hydrogen) atoms. The molecule has 2 heterocycles. The molecule has 142 valence electrons. The highest BCUT2D eigenvalue weighted by molar-refractivity contribution is 5.76. The van der Waals surface area contributed by atoms with Crippen LogP contribution in [0.4, 0.5) is 5.82 Å². The number of hydrogen-bond donors (Lipinski definition) is 1. The van der Waals surface area contributed by atoms with E-state index in [9.17, 15) is 0 Å². The van der Waals surface area contributed by atoms with Gasteiger partial charge < -0.3 is 14.8 Å². The molecule has 0 fully saturated rings. The molecule has 1 N–H and O–H groups in total. The van der Waals surface area contributed by atoms with Gasteiger partial charge in [0.15, 0.2) is 0 Å². The highest BCUT2D eigenvalue weighted by atomic mass is 16.5. The van der Waals surface area contributed by atoms with Crippen molar-refractivity contribution < 1.29 is 9.47 Å². The Bertz CT molecular complexity index is 1080. The molecule has 2 aromatic heterocycles. The number of fused-ring (bicyclic) bond motifs is 1. The summed E-state index contributed by atoms with van der Waals surface area (Å²) in [6.07, 6.45) is 3.31. The van der Waals surface area contributed by atoms with Crippen LogP contribution in [-0.2, 0) is 6.54 Å². The fourth-order valence-electron chi connectivity index (χ4n) is 3.06. The Balaban J connectivity index is 1.72. The molecule has 0 aliphatic heterocycles. The van der Waals surface area contributed by atoms with E-state index in [0.717, 1.165) is 34.0 Å². The Kier molecular flexibility index (Phi) is 5.05. The topological polar surface area (TPSA) is 73.6 Å². The third-order valence-electron chi connectivity index (χ3n) is 4.43. The van der Waals surface area contributed by atoms with Crippen molar-refractivity contribution in [1.29, 1.82) is 0 Å². The van der Waals surface area contributed by atoms with Crippen LogP contribution in [-0.4, -0.2) is 33.3 Å². The molecule has 7 nitrogen and oxygen atoms in total. The first kappa shape index (κ1) is 17.8. The van der Waals surface area contributed by atoms with E-state index in [1.54, 1.807) is 11.6 Å². The quantitative estimate of drug-likeness (QED) is 0.529. The molecule has 0 saturated carbocycles. The Morgan fingerprint density at radius 2 is 1.86 bits per heavy atom. The van der Waals surface area contributed by atoms with Gasteiger partial charge in [-0.1, -0.05) is 30.3 Å². The molecule has 0 amide bonds. The predicted molar refractivity (Wildman–Crippen MR) is 108 cm³/mol. The summed E-state index contributed by atoms with van der Waals surface area (Å²) in [5, 5.41) is 7.83. The summed E-state index contributed by atoms with van der Waals surface area (Å²) in [5.74, 6) is 3.03. The van der Waals surface area contributed by atoms with Gasteiger partial charge in [-0.2, -0.15) is 14.6 Å². The summed E-state index contributed by atoms with van der Waals surface area (Å²) in [6.45, 7) is 3.18. The number of anilines is 1. The van der Waals surface area contributed by atoms with Crippen LogP contribution in [0.25, 0.3) is 16.9 Å². The normalized spacial score (nSPS) is 10.8. The van der Waals surface area contributed by atoms with Crippen LogP contribution in [0.15, 0.2) is 61.1 Å². The van der Waals surface area contributed by atoms with E-state index in [0.29, 0.717) is 18.9 Å². The lowest BCUT2D eigenvalue weighted by atomic mass is 10.1. The molecule has 0 saturated heterocycles. The van der Waals surface area contributed by atoms with Crippen molar-refractivity contribution in [2.75, 3.05) is 19.0 Å². The smallest absolute Gasteiger partial charge is 0.254 e. The summed E-state index contributed by atoms with van der Waals surface area (Å²) in [7, 11) is 1.65. The lowest BCUT2D eigenvalue weighted by molar-refractivity contribution is 0.337.